The van der Waals surface area contributed by atoms with E-state index in [4.69, 9.17) is 0 Å². The summed E-state index contributed by atoms with van der Waals surface area (Å²) in [4.78, 5) is 3.69. The van der Waals surface area contributed by atoms with Crippen LogP contribution in [0.15, 0.2) is 18.2 Å². The number of nitrogens with zero attached hydrogens (tertiary/aromatic N) is 1. The van der Waals surface area contributed by atoms with E-state index in [1.165, 1.54) is 6.07 Å². The van der Waals surface area contributed by atoms with Gasteiger partial charge in [0, 0.05) is 12.0 Å². The molecule has 0 aliphatic heterocycles. The van der Waals surface area contributed by atoms with Crippen molar-refractivity contribution in [2.75, 3.05) is 18.5 Å². The summed E-state index contributed by atoms with van der Waals surface area (Å²) in [6, 6.07) is 4.61. The highest BCUT2D eigenvalue weighted by Crippen LogP contribution is 2.20. The Hall–Kier alpha value is -1.16. The Kier molecular flexibility index (Phi) is 4.03. The fourth-order valence-electron chi connectivity index (χ4n) is 1.10. The summed E-state index contributed by atoms with van der Waals surface area (Å²) < 4.78 is 12.8. The predicted molar refractivity (Wildman–Crippen MR) is 58.2 cm³/mol. The number of pyridine rings is 1. The van der Waals surface area contributed by atoms with Crippen molar-refractivity contribution in [2.45, 2.75) is 20.3 Å². The van der Waals surface area contributed by atoms with Gasteiger partial charge < -0.3 is 10.4 Å². The first-order chi connectivity index (χ1) is 7.09. The topological polar surface area (TPSA) is 45.1 Å². The van der Waals surface area contributed by atoms with Crippen molar-refractivity contribution in [3.8, 4) is 0 Å². The zero-order valence-electron chi connectivity index (χ0n) is 9.13. The Bertz CT molecular complexity index is 313. The maximum atomic E-state index is 12.8. The summed E-state index contributed by atoms with van der Waals surface area (Å²) in [6.07, 6.45) is 0.853. The van der Waals surface area contributed by atoms with Gasteiger partial charge in [0.25, 0.3) is 0 Å². The van der Waals surface area contributed by atoms with Crippen LogP contribution < -0.4 is 5.32 Å². The number of aliphatic hydroxyl groups is 1. The van der Waals surface area contributed by atoms with Gasteiger partial charge in [0.15, 0.2) is 0 Å². The highest BCUT2D eigenvalue weighted by molar-refractivity contribution is 5.33. The number of nitrogens with one attached hydrogen (secondary N) is 1. The molecule has 0 saturated carbocycles. The third kappa shape index (κ3) is 3.47. The lowest BCUT2D eigenvalue weighted by atomic mass is 9.89. The van der Waals surface area contributed by atoms with Crippen LogP contribution in [0.3, 0.4) is 0 Å². The molecule has 0 fully saturated rings. The predicted octanol–water partition coefficient (Wildman–Crippen LogP) is 2.04. The average Bonchev–Trinajstić information content (AvgIpc) is 2.26. The van der Waals surface area contributed by atoms with E-state index in [-0.39, 0.29) is 12.0 Å². The number of anilines is 1. The normalized spacial score (nSPS) is 14.7. The Morgan fingerprint density at radius 1 is 1.53 bits per heavy atom. The lowest BCUT2D eigenvalue weighted by molar-refractivity contribution is 0.149. The molecule has 0 aliphatic carbocycles. The zero-order chi connectivity index (χ0) is 11.3. The van der Waals surface area contributed by atoms with Crippen molar-refractivity contribution in [3.05, 3.63) is 24.1 Å². The molecule has 3 nitrogen and oxygen atoms in total. The molecule has 0 amide bonds. The van der Waals surface area contributed by atoms with E-state index < -0.39 is 5.95 Å². The number of aromatic nitrogens is 1. The van der Waals surface area contributed by atoms with Gasteiger partial charge in [-0.05, 0) is 18.6 Å². The van der Waals surface area contributed by atoms with E-state index in [1.807, 2.05) is 13.8 Å². The summed E-state index contributed by atoms with van der Waals surface area (Å²) >= 11 is 0. The molecule has 0 spiro atoms. The Morgan fingerprint density at radius 2 is 2.27 bits per heavy atom. The Balaban J connectivity index is 2.56. The highest BCUT2D eigenvalue weighted by atomic mass is 19.1. The van der Waals surface area contributed by atoms with Gasteiger partial charge in [0.1, 0.15) is 5.82 Å². The second kappa shape index (κ2) is 5.07. The summed E-state index contributed by atoms with van der Waals surface area (Å²) in [5.74, 6) is 0.00493. The fraction of sp³-hybridized carbons (Fsp3) is 0.545. The van der Waals surface area contributed by atoms with Crippen LogP contribution in [0.2, 0.25) is 0 Å². The lowest BCUT2D eigenvalue weighted by Gasteiger charge is -2.25. The first-order valence-corrected chi connectivity index (χ1v) is 5.07. The maximum Gasteiger partial charge on any atom is 0.214 e. The second-order valence-corrected chi connectivity index (χ2v) is 4.02. The highest BCUT2D eigenvalue weighted by Gasteiger charge is 2.20. The number of hydrogen-bond acceptors (Lipinski definition) is 3. The van der Waals surface area contributed by atoms with Gasteiger partial charge in [-0.3, -0.25) is 0 Å². The lowest BCUT2D eigenvalue weighted by Crippen LogP contribution is -2.29. The molecule has 15 heavy (non-hydrogen) atoms. The maximum absolute atomic E-state index is 12.8. The minimum atomic E-state index is -0.498. The van der Waals surface area contributed by atoms with Gasteiger partial charge in [-0.1, -0.05) is 19.9 Å². The van der Waals surface area contributed by atoms with Crippen LogP contribution in [0.5, 0.6) is 0 Å². The van der Waals surface area contributed by atoms with E-state index in [0.717, 1.165) is 6.42 Å². The van der Waals surface area contributed by atoms with E-state index in [1.54, 1.807) is 12.1 Å². The SMILES string of the molecule is CCC(C)(CO)CNc1cccc(F)n1. The van der Waals surface area contributed by atoms with Crippen LogP contribution in [-0.4, -0.2) is 23.2 Å². The molecule has 1 rings (SSSR count). The summed E-state index contributed by atoms with van der Waals surface area (Å²) in [5, 5.41) is 12.2. The van der Waals surface area contributed by atoms with Crippen molar-refractivity contribution in [2.24, 2.45) is 5.41 Å². The van der Waals surface area contributed by atoms with Crippen molar-refractivity contribution < 1.29 is 9.50 Å². The number of aliphatic hydroxyl groups excluding tert-OH is 1. The van der Waals surface area contributed by atoms with E-state index in [2.05, 4.69) is 10.3 Å². The molecule has 1 aromatic rings. The van der Waals surface area contributed by atoms with Gasteiger partial charge in [-0.2, -0.15) is 4.39 Å². The molecule has 0 radical (unpaired) electrons. The number of hydrogen-bond donors (Lipinski definition) is 2. The van der Waals surface area contributed by atoms with Crippen molar-refractivity contribution in [3.63, 3.8) is 0 Å². The van der Waals surface area contributed by atoms with Crippen molar-refractivity contribution in [1.82, 2.24) is 4.98 Å². The molecule has 0 bridgehead atoms. The van der Waals surface area contributed by atoms with Gasteiger partial charge in [-0.15, -0.1) is 0 Å². The van der Waals surface area contributed by atoms with Gasteiger partial charge in [-0.25, -0.2) is 4.98 Å². The van der Waals surface area contributed by atoms with Gasteiger partial charge in [0.2, 0.25) is 5.95 Å². The van der Waals surface area contributed by atoms with Crippen LogP contribution in [0, 0.1) is 11.4 Å². The molecular weight excluding hydrogens is 195 g/mol. The van der Waals surface area contributed by atoms with Crippen LogP contribution in [0.4, 0.5) is 10.2 Å². The minimum absolute atomic E-state index is 0.103. The average molecular weight is 212 g/mol. The largest absolute Gasteiger partial charge is 0.396 e. The Labute approximate surface area is 89.4 Å². The first kappa shape index (κ1) is 11.9. The fourth-order valence-corrected chi connectivity index (χ4v) is 1.10. The molecule has 0 aliphatic rings. The summed E-state index contributed by atoms with van der Waals surface area (Å²) in [5.41, 5.74) is -0.187. The molecule has 4 heteroatoms. The van der Waals surface area contributed by atoms with Crippen molar-refractivity contribution >= 4 is 5.82 Å². The zero-order valence-corrected chi connectivity index (χ0v) is 9.13. The van der Waals surface area contributed by atoms with Crippen molar-refractivity contribution in [1.29, 1.82) is 0 Å². The van der Waals surface area contributed by atoms with Gasteiger partial charge in [0.05, 0.1) is 6.61 Å². The molecule has 2 N–H and O–H groups in total. The molecule has 1 aromatic heterocycles. The standard InChI is InChI=1S/C11H17FN2O/c1-3-11(2,8-15)7-13-10-6-4-5-9(12)14-10/h4-6,15H,3,7-8H2,1-2H3,(H,13,14). The smallest absolute Gasteiger partial charge is 0.214 e. The minimum Gasteiger partial charge on any atom is -0.396 e. The van der Waals surface area contributed by atoms with E-state index in [0.29, 0.717) is 12.4 Å². The second-order valence-electron chi connectivity index (χ2n) is 4.02. The Morgan fingerprint density at radius 3 is 2.80 bits per heavy atom. The third-order valence-electron chi connectivity index (χ3n) is 2.65. The van der Waals surface area contributed by atoms with Crippen LogP contribution in [0.25, 0.3) is 0 Å². The van der Waals surface area contributed by atoms with Crippen LogP contribution >= 0.6 is 0 Å². The quantitative estimate of drug-likeness (QED) is 0.734. The summed E-state index contributed by atoms with van der Waals surface area (Å²) in [7, 11) is 0. The van der Waals surface area contributed by atoms with Crippen LogP contribution in [0.1, 0.15) is 20.3 Å². The molecule has 1 unspecified atom stereocenters. The summed E-state index contributed by atoms with van der Waals surface area (Å²) in [6.45, 7) is 4.67. The molecule has 1 atom stereocenters. The molecule has 0 aromatic carbocycles. The molecular formula is C11H17FN2O. The first-order valence-electron chi connectivity index (χ1n) is 5.07. The monoisotopic (exact) mass is 212 g/mol. The number of rotatable bonds is 5. The molecule has 84 valence electrons. The van der Waals surface area contributed by atoms with Gasteiger partial charge >= 0.3 is 0 Å². The van der Waals surface area contributed by atoms with Crippen LogP contribution in [-0.2, 0) is 0 Å². The number of halogens is 1. The third-order valence-corrected chi connectivity index (χ3v) is 2.65. The van der Waals surface area contributed by atoms with E-state index >= 15 is 0 Å². The molecule has 1 heterocycles. The van der Waals surface area contributed by atoms with E-state index in [9.17, 15) is 9.50 Å². The molecule has 0 saturated heterocycles.